The van der Waals surface area contributed by atoms with Crippen LogP contribution in [0.2, 0.25) is 0 Å². The lowest BCUT2D eigenvalue weighted by atomic mass is 9.98. The molecule has 9 nitrogen and oxygen atoms in total. The van der Waals surface area contributed by atoms with Gasteiger partial charge in [-0.2, -0.15) is 0 Å². The number of aromatic nitrogens is 1. The number of rotatable bonds is 5. The number of ether oxygens (including phenoxy) is 1. The molecule has 168 valence electrons. The smallest absolute Gasteiger partial charge is 0.414 e. The van der Waals surface area contributed by atoms with Crippen LogP contribution in [0.25, 0.3) is 11.1 Å². The molecular weight excluding hydrogens is 426 g/mol. The summed E-state index contributed by atoms with van der Waals surface area (Å²) < 4.78 is 10.5. The minimum atomic E-state index is -0.928. The number of fused-ring (bicyclic) bond motifs is 3. The predicted molar refractivity (Wildman–Crippen MR) is 117 cm³/mol. The van der Waals surface area contributed by atoms with Crippen LogP contribution in [0.5, 0.6) is 0 Å². The summed E-state index contributed by atoms with van der Waals surface area (Å²) in [5.74, 6) is -2.05. The van der Waals surface area contributed by atoms with Crippen LogP contribution in [-0.4, -0.2) is 52.8 Å². The molecule has 0 saturated carbocycles. The third-order valence-electron chi connectivity index (χ3n) is 6.12. The van der Waals surface area contributed by atoms with Crippen LogP contribution in [0.1, 0.15) is 34.0 Å². The van der Waals surface area contributed by atoms with Crippen molar-refractivity contribution in [3.63, 3.8) is 0 Å². The molecule has 2 heterocycles. The molecule has 0 radical (unpaired) electrons. The summed E-state index contributed by atoms with van der Waals surface area (Å²) in [5, 5.41) is 15.2. The van der Waals surface area contributed by atoms with Crippen molar-refractivity contribution >= 4 is 23.9 Å². The van der Waals surface area contributed by atoms with Gasteiger partial charge in [0.25, 0.3) is 5.91 Å². The van der Waals surface area contributed by atoms with Crippen molar-refractivity contribution < 1.29 is 28.8 Å². The molecule has 2 aliphatic rings. The highest BCUT2D eigenvalue weighted by Crippen LogP contribution is 2.44. The van der Waals surface area contributed by atoms with Gasteiger partial charge in [0.1, 0.15) is 6.61 Å². The van der Waals surface area contributed by atoms with Gasteiger partial charge < -0.3 is 19.3 Å². The minimum absolute atomic E-state index is 0.00464. The normalized spacial score (nSPS) is 16.8. The van der Waals surface area contributed by atoms with Crippen molar-refractivity contribution in [2.24, 2.45) is 5.92 Å². The van der Waals surface area contributed by atoms with E-state index in [1.165, 1.54) is 11.0 Å². The van der Waals surface area contributed by atoms with Crippen LogP contribution >= 0.6 is 0 Å². The molecule has 1 aliphatic heterocycles. The van der Waals surface area contributed by atoms with E-state index in [9.17, 15) is 14.4 Å². The largest absolute Gasteiger partial charge is 0.481 e. The standard InChI is InChI=1S/C24H21N3O6/c28-22(27-10-9-14(12-27)23(29)30)20-11-21(33-26-20)25-24(31)32-13-19-17-7-3-1-5-15(17)16-6-2-4-8-18(16)19/h1-8,11,14,19H,9-10,12-13H2,(H,25,31)(H,29,30). The lowest BCUT2D eigenvalue weighted by molar-refractivity contribution is -0.141. The molecule has 1 unspecified atom stereocenters. The quantitative estimate of drug-likeness (QED) is 0.613. The van der Waals surface area contributed by atoms with Gasteiger partial charge >= 0.3 is 12.1 Å². The van der Waals surface area contributed by atoms with Crippen molar-refractivity contribution in [1.82, 2.24) is 10.1 Å². The van der Waals surface area contributed by atoms with Crippen molar-refractivity contribution in [1.29, 1.82) is 0 Å². The number of likely N-dealkylation sites (tertiary alicyclic amines) is 1. The number of nitrogens with zero attached hydrogens (tertiary/aromatic N) is 2. The Morgan fingerprint density at radius 3 is 2.39 bits per heavy atom. The average molecular weight is 447 g/mol. The fourth-order valence-corrected chi connectivity index (χ4v) is 4.48. The Hall–Kier alpha value is -4.14. The number of aliphatic carboxylic acids is 1. The molecule has 2 N–H and O–H groups in total. The highest BCUT2D eigenvalue weighted by atomic mass is 16.6. The third kappa shape index (κ3) is 3.93. The number of amides is 2. The molecule has 0 bridgehead atoms. The lowest BCUT2D eigenvalue weighted by Gasteiger charge is -2.14. The summed E-state index contributed by atoms with van der Waals surface area (Å²) in [4.78, 5) is 37.4. The van der Waals surface area contributed by atoms with Gasteiger partial charge in [0.2, 0.25) is 5.88 Å². The zero-order valence-electron chi connectivity index (χ0n) is 17.6. The third-order valence-corrected chi connectivity index (χ3v) is 6.12. The summed E-state index contributed by atoms with van der Waals surface area (Å²) >= 11 is 0. The molecule has 1 aromatic heterocycles. The Labute approximate surface area is 188 Å². The molecule has 1 aliphatic carbocycles. The topological polar surface area (TPSA) is 122 Å². The Kier molecular flexibility index (Phi) is 5.29. The first-order valence-electron chi connectivity index (χ1n) is 10.6. The van der Waals surface area contributed by atoms with Gasteiger partial charge in [-0.05, 0) is 28.7 Å². The zero-order chi connectivity index (χ0) is 22.9. The van der Waals surface area contributed by atoms with Crippen LogP contribution in [0.4, 0.5) is 10.7 Å². The van der Waals surface area contributed by atoms with Crippen LogP contribution < -0.4 is 5.32 Å². The second kappa shape index (κ2) is 8.42. The first-order chi connectivity index (χ1) is 16.0. The molecule has 1 atom stereocenters. The van der Waals surface area contributed by atoms with Gasteiger partial charge in [0, 0.05) is 25.1 Å². The molecule has 0 spiro atoms. The summed E-state index contributed by atoms with van der Waals surface area (Å²) in [6.45, 7) is 0.595. The van der Waals surface area contributed by atoms with Crippen molar-refractivity contribution in [2.45, 2.75) is 12.3 Å². The zero-order valence-corrected chi connectivity index (χ0v) is 17.6. The number of benzene rings is 2. The molecule has 2 aromatic carbocycles. The first-order valence-corrected chi connectivity index (χ1v) is 10.6. The average Bonchev–Trinajstić information content (AvgIpc) is 3.55. The van der Waals surface area contributed by atoms with E-state index >= 15 is 0 Å². The second-order valence-electron chi connectivity index (χ2n) is 8.10. The van der Waals surface area contributed by atoms with E-state index < -0.39 is 23.9 Å². The molecule has 5 rings (SSSR count). The maximum atomic E-state index is 12.5. The van der Waals surface area contributed by atoms with Crippen LogP contribution in [0.15, 0.2) is 59.1 Å². The van der Waals surface area contributed by atoms with Gasteiger partial charge in [-0.3, -0.25) is 14.9 Å². The SMILES string of the molecule is O=C(Nc1cc(C(=O)N2CCC(C(=O)O)C2)no1)OCC1c2ccccc2-c2ccccc21. The van der Waals surface area contributed by atoms with E-state index in [0.717, 1.165) is 22.3 Å². The Morgan fingerprint density at radius 2 is 1.76 bits per heavy atom. The fraction of sp³-hybridized carbons (Fsp3) is 0.250. The highest BCUT2D eigenvalue weighted by Gasteiger charge is 2.33. The maximum Gasteiger partial charge on any atom is 0.414 e. The maximum absolute atomic E-state index is 12.5. The van der Waals surface area contributed by atoms with Gasteiger partial charge in [-0.1, -0.05) is 53.7 Å². The van der Waals surface area contributed by atoms with E-state index in [2.05, 4.69) is 22.6 Å². The monoisotopic (exact) mass is 447 g/mol. The minimum Gasteiger partial charge on any atom is -0.481 e. The van der Waals surface area contributed by atoms with Crippen LogP contribution in [-0.2, 0) is 9.53 Å². The van der Waals surface area contributed by atoms with E-state index in [-0.39, 0.29) is 30.6 Å². The number of carbonyl (C=O) groups is 3. The number of carboxylic acid groups (broad SMARTS) is 1. The first kappa shape index (κ1) is 20.7. The van der Waals surface area contributed by atoms with E-state index in [1.807, 2.05) is 36.4 Å². The summed E-state index contributed by atoms with van der Waals surface area (Å²) in [7, 11) is 0. The molecule has 3 aromatic rings. The second-order valence-corrected chi connectivity index (χ2v) is 8.10. The summed E-state index contributed by atoms with van der Waals surface area (Å²) in [5.41, 5.74) is 4.46. The van der Waals surface area contributed by atoms with Crippen LogP contribution in [0, 0.1) is 5.92 Å². The molecule has 1 fully saturated rings. The molecule has 9 heteroatoms. The van der Waals surface area contributed by atoms with Crippen molar-refractivity contribution in [3.8, 4) is 11.1 Å². The summed E-state index contributed by atoms with van der Waals surface area (Å²) in [6.07, 6.45) is -0.330. The number of anilines is 1. The molecule has 1 saturated heterocycles. The van der Waals surface area contributed by atoms with Gasteiger partial charge in [-0.25, -0.2) is 4.79 Å². The van der Waals surface area contributed by atoms with Gasteiger partial charge in [0.05, 0.1) is 5.92 Å². The van der Waals surface area contributed by atoms with Crippen LogP contribution in [0.3, 0.4) is 0 Å². The Balaban J connectivity index is 1.20. The van der Waals surface area contributed by atoms with Gasteiger partial charge in [0.15, 0.2) is 5.69 Å². The molecule has 33 heavy (non-hydrogen) atoms. The number of carboxylic acids is 1. The molecular formula is C24H21N3O6. The van der Waals surface area contributed by atoms with E-state index in [1.54, 1.807) is 0 Å². The van der Waals surface area contributed by atoms with Crippen molar-refractivity contribution in [3.05, 3.63) is 71.4 Å². The predicted octanol–water partition coefficient (Wildman–Crippen LogP) is 3.58. The number of hydrogen-bond donors (Lipinski definition) is 2. The number of hydrogen-bond acceptors (Lipinski definition) is 6. The number of carbonyl (C=O) groups excluding carboxylic acids is 2. The van der Waals surface area contributed by atoms with Gasteiger partial charge in [-0.15, -0.1) is 0 Å². The van der Waals surface area contributed by atoms with E-state index in [0.29, 0.717) is 13.0 Å². The number of nitrogens with one attached hydrogen (secondary N) is 1. The van der Waals surface area contributed by atoms with E-state index in [4.69, 9.17) is 14.4 Å². The summed E-state index contributed by atoms with van der Waals surface area (Å²) in [6, 6.07) is 17.4. The van der Waals surface area contributed by atoms with Crippen molar-refractivity contribution in [2.75, 3.05) is 25.0 Å². The molecule has 2 amide bonds. The lowest BCUT2D eigenvalue weighted by Crippen LogP contribution is -2.30. The fourth-order valence-electron chi connectivity index (χ4n) is 4.48. The Morgan fingerprint density at radius 1 is 1.09 bits per heavy atom. The highest BCUT2D eigenvalue weighted by molar-refractivity contribution is 5.94. The Bertz CT molecular complexity index is 1190.